The second-order valence-electron chi connectivity index (χ2n) is 11.5. The fourth-order valence-corrected chi connectivity index (χ4v) is 5.36. The molecule has 3 heteroatoms. The van der Waals surface area contributed by atoms with Crippen molar-refractivity contribution in [1.82, 2.24) is 0 Å². The molecular weight excluding hydrogens is 444 g/mol. The molecule has 2 atom stereocenters. The summed E-state index contributed by atoms with van der Waals surface area (Å²) < 4.78 is 0. The zero-order valence-corrected chi connectivity index (χ0v) is 25.2. The average molecular weight is 513 g/mol. The molecule has 0 aliphatic rings. The molecule has 3 nitrogen and oxygen atoms in total. The summed E-state index contributed by atoms with van der Waals surface area (Å²) in [4.78, 5) is 11.2. The van der Waals surface area contributed by atoms with E-state index in [0.29, 0.717) is 12.5 Å². The summed E-state index contributed by atoms with van der Waals surface area (Å²) in [6.07, 6.45) is 33.0. The highest BCUT2D eigenvalue weighted by atomic mass is 17.2. The van der Waals surface area contributed by atoms with E-state index in [1.54, 1.807) is 0 Å². The largest absolute Gasteiger partial charge is 0.396 e. The van der Waals surface area contributed by atoms with E-state index in [1.165, 1.54) is 148 Å². The van der Waals surface area contributed by atoms with Gasteiger partial charge in [0.25, 0.3) is 0 Å². The van der Waals surface area contributed by atoms with Crippen LogP contribution in [-0.4, -0.2) is 24.9 Å². The second-order valence-corrected chi connectivity index (χ2v) is 11.5. The van der Waals surface area contributed by atoms with Crippen LogP contribution in [0.25, 0.3) is 0 Å². The van der Waals surface area contributed by atoms with Gasteiger partial charge in [-0.05, 0) is 37.5 Å². The van der Waals surface area contributed by atoms with Gasteiger partial charge in [0, 0.05) is 6.61 Å². The van der Waals surface area contributed by atoms with Crippen LogP contribution in [0.1, 0.15) is 181 Å². The van der Waals surface area contributed by atoms with E-state index in [-0.39, 0.29) is 0 Å². The zero-order chi connectivity index (χ0) is 26.4. The lowest BCUT2D eigenvalue weighted by Crippen LogP contribution is -2.11. The van der Waals surface area contributed by atoms with Crippen LogP contribution in [-0.2, 0) is 9.78 Å². The van der Waals surface area contributed by atoms with Crippen molar-refractivity contribution in [2.24, 2.45) is 11.8 Å². The Morgan fingerprint density at radius 1 is 0.417 bits per heavy atom. The lowest BCUT2D eigenvalue weighted by Gasteiger charge is -2.16. The summed E-state index contributed by atoms with van der Waals surface area (Å²) in [5.41, 5.74) is 0. The summed E-state index contributed by atoms with van der Waals surface area (Å²) in [5.74, 6) is 1.43. The van der Waals surface area contributed by atoms with Crippen molar-refractivity contribution in [3.05, 3.63) is 0 Å². The zero-order valence-electron chi connectivity index (χ0n) is 25.2. The molecule has 0 fully saturated rings. The molecule has 0 aromatic heterocycles. The van der Waals surface area contributed by atoms with E-state index in [1.807, 2.05) is 0 Å². The van der Waals surface area contributed by atoms with Crippen molar-refractivity contribution >= 4 is 0 Å². The minimum Gasteiger partial charge on any atom is -0.396 e. The summed E-state index contributed by atoms with van der Waals surface area (Å²) in [6.45, 7) is 8.75. The van der Waals surface area contributed by atoms with Crippen LogP contribution in [0.5, 0.6) is 0 Å². The maximum absolute atomic E-state index is 9.32. The molecule has 0 saturated heterocycles. The van der Waals surface area contributed by atoms with Gasteiger partial charge in [0.1, 0.15) is 0 Å². The first-order chi connectivity index (χ1) is 17.8. The van der Waals surface area contributed by atoms with E-state index in [2.05, 4.69) is 20.8 Å². The summed E-state index contributed by atoms with van der Waals surface area (Å²) in [7, 11) is 0. The summed E-state index contributed by atoms with van der Waals surface area (Å²) >= 11 is 0. The molecular formula is C33H68O3. The van der Waals surface area contributed by atoms with Crippen LogP contribution in [0, 0.1) is 11.8 Å². The Hall–Kier alpha value is -0.120. The molecule has 1 N–H and O–H groups in total. The molecule has 0 radical (unpaired) electrons. The van der Waals surface area contributed by atoms with E-state index >= 15 is 0 Å². The number of hydrogen-bond acceptors (Lipinski definition) is 3. The SMILES string of the molecule is CCCCCCCCCOOCC(CCCCC)CCCCCCCCCC(CCO)CCCCC. The minimum absolute atomic E-state index is 0.368. The molecule has 0 rings (SSSR count). The Labute approximate surface area is 227 Å². The van der Waals surface area contributed by atoms with Crippen molar-refractivity contribution in [1.29, 1.82) is 0 Å². The molecule has 0 bridgehead atoms. The van der Waals surface area contributed by atoms with Crippen LogP contribution in [0.3, 0.4) is 0 Å². The Morgan fingerprint density at radius 3 is 1.31 bits per heavy atom. The average Bonchev–Trinajstić information content (AvgIpc) is 2.88. The number of unbranched alkanes of at least 4 members (excludes halogenated alkanes) is 16. The maximum atomic E-state index is 9.32. The van der Waals surface area contributed by atoms with Gasteiger partial charge < -0.3 is 5.11 Å². The number of hydrogen-bond donors (Lipinski definition) is 1. The molecule has 0 spiro atoms. The minimum atomic E-state index is 0.368. The van der Waals surface area contributed by atoms with E-state index < -0.39 is 0 Å². The lowest BCUT2D eigenvalue weighted by atomic mass is 9.92. The van der Waals surface area contributed by atoms with Gasteiger partial charge in [-0.15, -0.1) is 0 Å². The number of aliphatic hydroxyl groups is 1. The van der Waals surface area contributed by atoms with Gasteiger partial charge >= 0.3 is 0 Å². The lowest BCUT2D eigenvalue weighted by molar-refractivity contribution is -0.302. The van der Waals surface area contributed by atoms with Crippen molar-refractivity contribution in [2.45, 2.75) is 181 Å². The van der Waals surface area contributed by atoms with Gasteiger partial charge in [0.15, 0.2) is 0 Å². The molecule has 0 amide bonds. The highest BCUT2D eigenvalue weighted by Gasteiger charge is 2.10. The molecule has 0 saturated carbocycles. The van der Waals surface area contributed by atoms with E-state index in [4.69, 9.17) is 9.78 Å². The normalized spacial score (nSPS) is 13.3. The van der Waals surface area contributed by atoms with Gasteiger partial charge in [-0.25, -0.2) is 9.78 Å². The van der Waals surface area contributed by atoms with E-state index in [0.717, 1.165) is 32.0 Å². The molecule has 2 unspecified atom stereocenters. The smallest absolute Gasteiger partial charge is 0.0850 e. The molecule has 218 valence electrons. The monoisotopic (exact) mass is 513 g/mol. The highest BCUT2D eigenvalue weighted by Crippen LogP contribution is 2.22. The Balaban J connectivity index is 3.75. The molecule has 0 aliphatic heterocycles. The topological polar surface area (TPSA) is 38.7 Å². The third-order valence-corrected chi connectivity index (χ3v) is 7.91. The van der Waals surface area contributed by atoms with Gasteiger partial charge in [0.05, 0.1) is 13.2 Å². The summed E-state index contributed by atoms with van der Waals surface area (Å²) in [5, 5.41) is 9.32. The van der Waals surface area contributed by atoms with Gasteiger partial charge in [0.2, 0.25) is 0 Å². The van der Waals surface area contributed by atoms with Crippen molar-refractivity contribution in [3.63, 3.8) is 0 Å². The quantitative estimate of drug-likeness (QED) is 0.0570. The third kappa shape index (κ3) is 26.9. The first-order valence-corrected chi connectivity index (χ1v) is 16.6. The number of aliphatic hydroxyl groups excluding tert-OH is 1. The van der Waals surface area contributed by atoms with Crippen LogP contribution < -0.4 is 0 Å². The van der Waals surface area contributed by atoms with Gasteiger partial charge in [-0.2, -0.15) is 0 Å². The van der Waals surface area contributed by atoms with Crippen molar-refractivity contribution < 1.29 is 14.9 Å². The Morgan fingerprint density at radius 2 is 0.806 bits per heavy atom. The molecule has 0 aromatic rings. The van der Waals surface area contributed by atoms with Crippen LogP contribution >= 0.6 is 0 Å². The van der Waals surface area contributed by atoms with Crippen LogP contribution in [0.4, 0.5) is 0 Å². The highest BCUT2D eigenvalue weighted by molar-refractivity contribution is 4.62. The first-order valence-electron chi connectivity index (χ1n) is 16.6. The molecule has 0 heterocycles. The van der Waals surface area contributed by atoms with Crippen molar-refractivity contribution in [2.75, 3.05) is 19.8 Å². The standard InChI is InChI=1S/C33H68O3/c1-4-7-10-11-15-18-23-30-35-36-31-33(26-20-9-6-3)27-22-17-14-12-13-16-21-25-32(28-29-34)24-19-8-5-2/h32-34H,4-31H2,1-3H3. The molecule has 36 heavy (non-hydrogen) atoms. The summed E-state index contributed by atoms with van der Waals surface area (Å²) in [6, 6.07) is 0. The van der Waals surface area contributed by atoms with E-state index in [9.17, 15) is 5.11 Å². The Bertz CT molecular complexity index is 387. The maximum Gasteiger partial charge on any atom is 0.0850 e. The predicted octanol–water partition coefficient (Wildman–Crippen LogP) is 11.0. The van der Waals surface area contributed by atoms with Gasteiger partial charge in [-0.1, -0.05) is 156 Å². The molecule has 0 aliphatic carbocycles. The third-order valence-electron chi connectivity index (χ3n) is 7.91. The fourth-order valence-electron chi connectivity index (χ4n) is 5.36. The van der Waals surface area contributed by atoms with Gasteiger partial charge in [-0.3, -0.25) is 0 Å². The number of rotatable bonds is 31. The van der Waals surface area contributed by atoms with Crippen LogP contribution in [0.2, 0.25) is 0 Å². The first kappa shape index (κ1) is 35.9. The van der Waals surface area contributed by atoms with Crippen molar-refractivity contribution in [3.8, 4) is 0 Å². The van der Waals surface area contributed by atoms with Crippen LogP contribution in [0.15, 0.2) is 0 Å². The second kappa shape index (κ2) is 31.1. The fraction of sp³-hybridized carbons (Fsp3) is 1.00. The predicted molar refractivity (Wildman–Crippen MR) is 158 cm³/mol. The Kier molecular flexibility index (Phi) is 31.0. The molecule has 0 aromatic carbocycles.